The molecule has 0 saturated carbocycles. The summed E-state index contributed by atoms with van der Waals surface area (Å²) in [5, 5.41) is 6.83. The highest BCUT2D eigenvalue weighted by Crippen LogP contribution is 2.34. The summed E-state index contributed by atoms with van der Waals surface area (Å²) in [5.74, 6) is -0.0737. The van der Waals surface area contributed by atoms with Crippen LogP contribution in [-0.2, 0) is 14.4 Å². The fraction of sp³-hybridized carbons (Fsp3) is 0.588. The Hall–Kier alpha value is -2.35. The van der Waals surface area contributed by atoms with Crippen LogP contribution < -0.4 is 5.32 Å². The zero-order valence-electron chi connectivity index (χ0n) is 13.9. The van der Waals surface area contributed by atoms with Crippen molar-refractivity contribution in [2.75, 3.05) is 26.2 Å². The fourth-order valence-corrected chi connectivity index (χ4v) is 3.55. The van der Waals surface area contributed by atoms with E-state index in [0.717, 1.165) is 19.4 Å². The molecule has 0 aliphatic carbocycles. The number of carbonyl (C=O) groups excluding carboxylic acids is 2. The predicted molar refractivity (Wildman–Crippen MR) is 87.1 cm³/mol. The van der Waals surface area contributed by atoms with Crippen LogP contribution in [0.3, 0.4) is 0 Å². The van der Waals surface area contributed by atoms with Crippen LogP contribution in [0.2, 0.25) is 0 Å². The summed E-state index contributed by atoms with van der Waals surface area (Å²) < 4.78 is 10.7. The number of amides is 2. The van der Waals surface area contributed by atoms with Gasteiger partial charge in [0.15, 0.2) is 11.4 Å². The first kappa shape index (κ1) is 16.1. The Morgan fingerprint density at radius 3 is 3.12 bits per heavy atom. The van der Waals surface area contributed by atoms with Crippen molar-refractivity contribution in [1.82, 2.24) is 10.2 Å². The van der Waals surface area contributed by atoms with Crippen LogP contribution in [0.25, 0.3) is 0 Å². The highest BCUT2D eigenvalue weighted by Gasteiger charge is 2.48. The van der Waals surface area contributed by atoms with Crippen molar-refractivity contribution in [3.05, 3.63) is 24.2 Å². The Morgan fingerprint density at radius 2 is 2.36 bits per heavy atom. The fourth-order valence-electron chi connectivity index (χ4n) is 3.55. The Labute approximate surface area is 145 Å². The average Bonchev–Trinajstić information content (AvgIpc) is 3.41. The number of ether oxygens (including phenoxy) is 1. The first-order chi connectivity index (χ1) is 12.2. The van der Waals surface area contributed by atoms with Gasteiger partial charge >= 0.3 is 0 Å². The molecule has 8 heteroatoms. The number of furan rings is 1. The van der Waals surface area contributed by atoms with Gasteiger partial charge in [-0.3, -0.25) is 9.59 Å². The second-order valence-corrected chi connectivity index (χ2v) is 6.79. The molecule has 4 heterocycles. The molecule has 8 nitrogen and oxygen atoms in total. The van der Waals surface area contributed by atoms with Gasteiger partial charge in [-0.25, -0.2) is 0 Å². The Kier molecular flexibility index (Phi) is 4.20. The van der Waals surface area contributed by atoms with E-state index in [4.69, 9.17) is 14.0 Å². The van der Waals surface area contributed by atoms with E-state index in [0.29, 0.717) is 43.9 Å². The van der Waals surface area contributed by atoms with Crippen LogP contribution in [0.1, 0.15) is 36.2 Å². The molecule has 134 valence electrons. The number of nitrogens with one attached hydrogen (secondary N) is 1. The number of carbonyl (C=O) groups is 2. The Balaban J connectivity index is 1.30. The molecule has 25 heavy (non-hydrogen) atoms. The largest absolute Gasteiger partial charge is 0.459 e. The summed E-state index contributed by atoms with van der Waals surface area (Å²) in [7, 11) is 0. The van der Waals surface area contributed by atoms with Gasteiger partial charge in [-0.15, -0.1) is 0 Å². The van der Waals surface area contributed by atoms with Gasteiger partial charge in [-0.05, 0) is 25.0 Å². The molecule has 1 spiro atoms. The van der Waals surface area contributed by atoms with Gasteiger partial charge in [0.2, 0.25) is 0 Å². The molecule has 2 saturated heterocycles. The molecule has 2 fully saturated rings. The van der Waals surface area contributed by atoms with Crippen molar-refractivity contribution >= 4 is 17.5 Å². The third-order valence-corrected chi connectivity index (χ3v) is 4.95. The van der Waals surface area contributed by atoms with Crippen molar-refractivity contribution in [1.29, 1.82) is 0 Å². The second-order valence-electron chi connectivity index (χ2n) is 6.79. The molecule has 0 radical (unpaired) electrons. The lowest BCUT2D eigenvalue weighted by molar-refractivity contribution is -0.115. The van der Waals surface area contributed by atoms with Crippen molar-refractivity contribution < 1.29 is 23.6 Å². The first-order valence-corrected chi connectivity index (χ1v) is 8.63. The van der Waals surface area contributed by atoms with E-state index in [1.807, 2.05) is 0 Å². The third-order valence-electron chi connectivity index (χ3n) is 4.95. The first-order valence-electron chi connectivity index (χ1n) is 8.63. The summed E-state index contributed by atoms with van der Waals surface area (Å²) in [6.45, 7) is 2.21. The molecule has 3 aliphatic heterocycles. The summed E-state index contributed by atoms with van der Waals surface area (Å²) in [4.78, 5) is 31.9. The van der Waals surface area contributed by atoms with Gasteiger partial charge in [-0.1, -0.05) is 5.16 Å². The summed E-state index contributed by atoms with van der Waals surface area (Å²) in [6.07, 6.45) is 4.63. The molecule has 0 bridgehead atoms. The Morgan fingerprint density at radius 1 is 1.44 bits per heavy atom. The maximum absolute atomic E-state index is 12.4. The van der Waals surface area contributed by atoms with Gasteiger partial charge in [0.1, 0.15) is 5.71 Å². The van der Waals surface area contributed by atoms with E-state index in [1.54, 1.807) is 17.0 Å². The molecule has 1 N–H and O–H groups in total. The van der Waals surface area contributed by atoms with E-state index >= 15 is 0 Å². The molecule has 4 rings (SSSR count). The summed E-state index contributed by atoms with van der Waals surface area (Å²) in [6, 6.07) is 3.33. The minimum atomic E-state index is -0.598. The Bertz CT molecular complexity index is 680. The van der Waals surface area contributed by atoms with Crippen molar-refractivity contribution in [3.63, 3.8) is 0 Å². The number of oxime groups is 1. The third kappa shape index (κ3) is 3.26. The topological polar surface area (TPSA) is 93.4 Å². The van der Waals surface area contributed by atoms with E-state index in [9.17, 15) is 9.59 Å². The number of hydrogen-bond acceptors (Lipinski definition) is 6. The highest BCUT2D eigenvalue weighted by atomic mass is 16.7. The van der Waals surface area contributed by atoms with Crippen LogP contribution in [0.5, 0.6) is 0 Å². The van der Waals surface area contributed by atoms with E-state index in [-0.39, 0.29) is 17.9 Å². The zero-order valence-corrected chi connectivity index (χ0v) is 13.9. The monoisotopic (exact) mass is 347 g/mol. The lowest BCUT2D eigenvalue weighted by atomic mass is 9.96. The predicted octanol–water partition coefficient (Wildman–Crippen LogP) is 0.936. The number of rotatable bonds is 4. The lowest BCUT2D eigenvalue weighted by Crippen LogP contribution is -2.40. The van der Waals surface area contributed by atoms with Crippen LogP contribution in [-0.4, -0.2) is 60.4 Å². The molecule has 2 amide bonds. The normalized spacial score (nSPS) is 28.2. The number of likely N-dealkylation sites (tertiary alicyclic amines) is 1. The molecular weight excluding hydrogens is 326 g/mol. The quantitative estimate of drug-likeness (QED) is 0.875. The smallest absolute Gasteiger partial charge is 0.289 e. The van der Waals surface area contributed by atoms with Gasteiger partial charge in [-0.2, -0.15) is 0 Å². The second kappa shape index (κ2) is 6.51. The molecule has 1 aromatic heterocycles. The van der Waals surface area contributed by atoms with Crippen LogP contribution in [0, 0.1) is 0 Å². The zero-order chi connectivity index (χ0) is 17.3. The summed E-state index contributed by atoms with van der Waals surface area (Å²) >= 11 is 0. The van der Waals surface area contributed by atoms with Crippen LogP contribution in [0.15, 0.2) is 28.0 Å². The molecule has 3 aliphatic rings. The maximum atomic E-state index is 12.4. The van der Waals surface area contributed by atoms with Crippen LogP contribution in [0.4, 0.5) is 0 Å². The minimum absolute atomic E-state index is 0.0914. The molecule has 0 aromatic carbocycles. The standard InChI is InChI=1S/C17H21N3O5/c21-15(18-10-12-3-1-7-23-12)13-9-17(25-19-13)5-6-20(11-17)16(22)14-4-2-8-24-14/h2,4,8,12H,1,3,5-7,9-11H2,(H,18,21)/t12-,17+/m0/s1. The van der Waals surface area contributed by atoms with Crippen molar-refractivity contribution in [2.45, 2.75) is 37.4 Å². The molecule has 1 aromatic rings. The average molecular weight is 347 g/mol. The van der Waals surface area contributed by atoms with Crippen molar-refractivity contribution in [2.24, 2.45) is 5.16 Å². The molecule has 0 unspecified atom stereocenters. The maximum Gasteiger partial charge on any atom is 0.289 e. The molecule has 2 atom stereocenters. The van der Waals surface area contributed by atoms with E-state index in [1.165, 1.54) is 6.26 Å². The molecular formula is C17H21N3O5. The SMILES string of the molecule is O=C(NC[C@@H]1CCCO1)C1=NO[C@]2(CCN(C(=O)c3ccco3)C2)C1. The number of nitrogens with zero attached hydrogens (tertiary/aromatic N) is 2. The van der Waals surface area contributed by atoms with Gasteiger partial charge in [0.25, 0.3) is 11.8 Å². The van der Waals surface area contributed by atoms with Gasteiger partial charge < -0.3 is 24.2 Å². The van der Waals surface area contributed by atoms with Crippen LogP contribution >= 0.6 is 0 Å². The van der Waals surface area contributed by atoms with Gasteiger partial charge in [0.05, 0.1) is 18.9 Å². The van der Waals surface area contributed by atoms with Gasteiger partial charge in [0, 0.05) is 32.5 Å². The number of hydrogen-bond donors (Lipinski definition) is 1. The highest BCUT2D eigenvalue weighted by molar-refractivity contribution is 6.39. The van der Waals surface area contributed by atoms with E-state index in [2.05, 4.69) is 10.5 Å². The lowest BCUT2D eigenvalue weighted by Gasteiger charge is -2.21. The minimum Gasteiger partial charge on any atom is -0.459 e. The summed E-state index contributed by atoms with van der Waals surface area (Å²) in [5.41, 5.74) is -0.219. The van der Waals surface area contributed by atoms with Crippen molar-refractivity contribution in [3.8, 4) is 0 Å². The van der Waals surface area contributed by atoms with E-state index < -0.39 is 5.60 Å².